The van der Waals surface area contributed by atoms with E-state index in [0.29, 0.717) is 24.3 Å². The lowest BCUT2D eigenvalue weighted by Crippen LogP contribution is -2.42. The van der Waals surface area contributed by atoms with Crippen molar-refractivity contribution < 1.29 is 23.9 Å². The number of rotatable bonds is 8. The summed E-state index contributed by atoms with van der Waals surface area (Å²) in [4.78, 5) is 49.1. The van der Waals surface area contributed by atoms with Crippen molar-refractivity contribution in [1.82, 2.24) is 15.1 Å². The lowest BCUT2D eigenvalue weighted by atomic mass is 10.1. The molecule has 134 valence electrons. The molecule has 5 amide bonds. The maximum absolute atomic E-state index is 12.0. The van der Waals surface area contributed by atoms with Crippen LogP contribution in [0.25, 0.3) is 0 Å². The van der Waals surface area contributed by atoms with Gasteiger partial charge in [-0.3, -0.25) is 19.3 Å². The van der Waals surface area contributed by atoms with E-state index in [1.54, 1.807) is 14.0 Å². The number of benzene rings is 1. The maximum Gasteiger partial charge on any atom is 0.334 e. The van der Waals surface area contributed by atoms with Gasteiger partial charge in [-0.05, 0) is 30.5 Å². The van der Waals surface area contributed by atoms with Crippen molar-refractivity contribution in [1.29, 1.82) is 0 Å². The second-order valence-corrected chi connectivity index (χ2v) is 5.58. The first-order chi connectivity index (χ1) is 12.0. The van der Waals surface area contributed by atoms with Crippen LogP contribution < -0.4 is 10.1 Å². The topological polar surface area (TPSA) is 96.0 Å². The Bertz CT molecular complexity index is 671. The van der Waals surface area contributed by atoms with Crippen LogP contribution in [0.5, 0.6) is 5.75 Å². The smallest absolute Gasteiger partial charge is 0.334 e. The lowest BCUT2D eigenvalue weighted by molar-refractivity contribution is -0.144. The Kier molecular flexibility index (Phi) is 6.10. The van der Waals surface area contributed by atoms with E-state index in [2.05, 4.69) is 5.32 Å². The Morgan fingerprint density at radius 2 is 1.72 bits per heavy atom. The van der Waals surface area contributed by atoms with E-state index in [0.717, 1.165) is 16.2 Å². The molecule has 1 fully saturated rings. The van der Waals surface area contributed by atoms with Crippen molar-refractivity contribution in [3.8, 4) is 5.75 Å². The minimum absolute atomic E-state index is 0.166. The van der Waals surface area contributed by atoms with Crippen molar-refractivity contribution >= 4 is 23.8 Å². The molecule has 2 rings (SSSR count). The number of methoxy groups -OCH3 is 1. The fraction of sp³-hybridized carbons (Fsp3) is 0.412. The summed E-state index contributed by atoms with van der Waals surface area (Å²) in [6.45, 7) is 1.86. The Balaban J connectivity index is 1.82. The van der Waals surface area contributed by atoms with Crippen LogP contribution in [0.15, 0.2) is 24.3 Å². The molecule has 1 aliphatic rings. The van der Waals surface area contributed by atoms with Gasteiger partial charge in [-0.2, -0.15) is 0 Å². The summed E-state index contributed by atoms with van der Waals surface area (Å²) in [5, 5.41) is 2.64. The molecular formula is C17H21N3O5. The third kappa shape index (κ3) is 4.34. The molecule has 1 saturated heterocycles. The van der Waals surface area contributed by atoms with Gasteiger partial charge in [0, 0.05) is 13.1 Å². The van der Waals surface area contributed by atoms with Gasteiger partial charge in [0.25, 0.3) is 0 Å². The zero-order valence-corrected chi connectivity index (χ0v) is 14.3. The van der Waals surface area contributed by atoms with Gasteiger partial charge in [0.1, 0.15) is 12.3 Å². The van der Waals surface area contributed by atoms with E-state index in [9.17, 15) is 19.2 Å². The monoisotopic (exact) mass is 347 g/mol. The molecule has 0 unspecified atom stereocenters. The zero-order chi connectivity index (χ0) is 18.4. The molecule has 0 aliphatic carbocycles. The van der Waals surface area contributed by atoms with E-state index < -0.39 is 30.3 Å². The first kappa shape index (κ1) is 18.4. The van der Waals surface area contributed by atoms with Crippen LogP contribution in [0, 0.1) is 0 Å². The molecular weight excluding hydrogens is 326 g/mol. The van der Waals surface area contributed by atoms with Gasteiger partial charge in [-0.1, -0.05) is 19.1 Å². The minimum Gasteiger partial charge on any atom is -0.497 e. The largest absolute Gasteiger partial charge is 0.497 e. The van der Waals surface area contributed by atoms with Gasteiger partial charge in [0.05, 0.1) is 7.11 Å². The molecule has 0 bridgehead atoms. The van der Waals surface area contributed by atoms with Crippen molar-refractivity contribution in [2.75, 3.05) is 26.7 Å². The molecule has 8 heteroatoms. The lowest BCUT2D eigenvalue weighted by Gasteiger charge is -2.14. The van der Waals surface area contributed by atoms with Crippen LogP contribution in [0.3, 0.4) is 0 Å². The number of nitrogens with one attached hydrogen (secondary N) is 1. The minimum atomic E-state index is -0.955. The number of urea groups is 1. The highest BCUT2D eigenvalue weighted by Gasteiger charge is 2.44. The highest BCUT2D eigenvalue weighted by Crippen LogP contribution is 2.13. The molecule has 0 aromatic heterocycles. The number of imide groups is 2. The van der Waals surface area contributed by atoms with Gasteiger partial charge < -0.3 is 10.1 Å². The Labute approximate surface area is 145 Å². The highest BCUT2D eigenvalue weighted by atomic mass is 16.5. The van der Waals surface area contributed by atoms with Gasteiger partial charge in [-0.15, -0.1) is 0 Å². The van der Waals surface area contributed by atoms with Gasteiger partial charge in [-0.25, -0.2) is 9.69 Å². The average molecular weight is 347 g/mol. The van der Waals surface area contributed by atoms with Crippen LogP contribution in [0.1, 0.15) is 18.9 Å². The molecule has 0 spiro atoms. The van der Waals surface area contributed by atoms with Crippen LogP contribution in [0.2, 0.25) is 0 Å². The molecule has 8 nitrogen and oxygen atoms in total. The maximum atomic E-state index is 12.0. The molecule has 1 N–H and O–H groups in total. The molecule has 0 saturated carbocycles. The van der Waals surface area contributed by atoms with E-state index in [-0.39, 0.29) is 6.54 Å². The summed E-state index contributed by atoms with van der Waals surface area (Å²) in [5.41, 5.74) is 1.01. The standard InChI is InChI=1S/C17H21N3O5/c1-3-10-19-15(22)16(23)20(17(19)24)11-14(21)18-9-8-12-4-6-13(25-2)7-5-12/h4-7H,3,8-11H2,1-2H3,(H,18,21). The Morgan fingerprint density at radius 1 is 1.08 bits per heavy atom. The summed E-state index contributed by atoms with van der Waals surface area (Å²) < 4.78 is 5.07. The van der Waals surface area contributed by atoms with Gasteiger partial charge in [0.15, 0.2) is 0 Å². The SMILES string of the molecule is CCCN1C(=O)C(=O)N(CC(=O)NCCc2ccc(OC)cc2)C1=O. The summed E-state index contributed by atoms with van der Waals surface area (Å²) in [6.07, 6.45) is 1.14. The van der Waals surface area contributed by atoms with Crippen molar-refractivity contribution in [2.24, 2.45) is 0 Å². The fourth-order valence-corrected chi connectivity index (χ4v) is 2.45. The van der Waals surface area contributed by atoms with Crippen molar-refractivity contribution in [2.45, 2.75) is 19.8 Å². The van der Waals surface area contributed by atoms with Crippen molar-refractivity contribution in [3.63, 3.8) is 0 Å². The number of amides is 5. The van der Waals surface area contributed by atoms with E-state index in [1.807, 2.05) is 24.3 Å². The third-order valence-electron chi connectivity index (χ3n) is 3.78. The van der Waals surface area contributed by atoms with Gasteiger partial charge in [0.2, 0.25) is 5.91 Å². The summed E-state index contributed by atoms with van der Waals surface area (Å²) >= 11 is 0. The predicted octanol–water partition coefficient (Wildman–Crippen LogP) is 0.555. The molecule has 0 radical (unpaired) electrons. The number of carbonyl (C=O) groups is 4. The zero-order valence-electron chi connectivity index (χ0n) is 14.3. The second kappa shape index (κ2) is 8.27. The van der Waals surface area contributed by atoms with Crippen LogP contribution in [0.4, 0.5) is 4.79 Å². The second-order valence-electron chi connectivity index (χ2n) is 5.58. The van der Waals surface area contributed by atoms with Crippen molar-refractivity contribution in [3.05, 3.63) is 29.8 Å². The summed E-state index contributed by atoms with van der Waals surface area (Å²) in [5.74, 6) is -1.57. The van der Waals surface area contributed by atoms with E-state index >= 15 is 0 Å². The first-order valence-corrected chi connectivity index (χ1v) is 8.04. The number of nitrogens with zero attached hydrogens (tertiary/aromatic N) is 2. The first-order valence-electron chi connectivity index (χ1n) is 8.04. The van der Waals surface area contributed by atoms with Crippen LogP contribution >= 0.6 is 0 Å². The molecule has 0 atom stereocenters. The van der Waals surface area contributed by atoms with Crippen LogP contribution in [-0.4, -0.2) is 60.3 Å². The van der Waals surface area contributed by atoms with Gasteiger partial charge >= 0.3 is 17.8 Å². The fourth-order valence-electron chi connectivity index (χ4n) is 2.45. The normalized spacial score (nSPS) is 14.2. The number of ether oxygens (including phenoxy) is 1. The van der Waals surface area contributed by atoms with E-state index in [1.165, 1.54) is 0 Å². The average Bonchev–Trinajstić information content (AvgIpc) is 2.81. The number of carbonyl (C=O) groups excluding carboxylic acids is 4. The highest BCUT2D eigenvalue weighted by molar-refractivity contribution is 6.45. The van der Waals surface area contributed by atoms with Crippen LogP contribution in [-0.2, 0) is 20.8 Å². The predicted molar refractivity (Wildman–Crippen MR) is 88.8 cm³/mol. The number of hydrogen-bond donors (Lipinski definition) is 1. The Morgan fingerprint density at radius 3 is 2.32 bits per heavy atom. The molecule has 1 aromatic rings. The Hall–Kier alpha value is -2.90. The molecule has 1 aliphatic heterocycles. The molecule has 25 heavy (non-hydrogen) atoms. The molecule has 1 heterocycles. The quantitative estimate of drug-likeness (QED) is 0.547. The molecule has 1 aromatic carbocycles. The summed E-state index contributed by atoms with van der Waals surface area (Å²) in [7, 11) is 1.59. The summed E-state index contributed by atoms with van der Waals surface area (Å²) in [6, 6.07) is 6.70. The third-order valence-corrected chi connectivity index (χ3v) is 3.78. The van der Waals surface area contributed by atoms with E-state index in [4.69, 9.17) is 4.74 Å². The number of hydrogen-bond acceptors (Lipinski definition) is 5.